The van der Waals surface area contributed by atoms with E-state index in [2.05, 4.69) is 15.9 Å². The average Bonchev–Trinajstić information content (AvgIpc) is 2.93. The summed E-state index contributed by atoms with van der Waals surface area (Å²) in [5.41, 5.74) is 8.51. The second kappa shape index (κ2) is 4.63. The average molecular weight is 339 g/mol. The number of fused-ring (bicyclic) bond motifs is 1. The van der Waals surface area contributed by atoms with Gasteiger partial charge < -0.3 is 10.2 Å². The van der Waals surface area contributed by atoms with E-state index in [1.54, 1.807) is 18.4 Å². The topological polar surface area (TPSA) is 61.2 Å². The van der Waals surface area contributed by atoms with Gasteiger partial charge in [0.1, 0.15) is 0 Å². The van der Waals surface area contributed by atoms with Crippen molar-refractivity contribution in [2.24, 2.45) is 12.8 Å². The lowest BCUT2D eigenvalue weighted by Crippen LogP contribution is -2.10. The summed E-state index contributed by atoms with van der Waals surface area (Å²) in [4.78, 5) is 12.5. The molecule has 1 unspecified atom stereocenters. The molecule has 1 atom stereocenters. The lowest BCUT2D eigenvalue weighted by atomic mass is 10.1. The number of thiophene rings is 1. The SMILES string of the molecule is Cn1c(=O)oc2cc(C(N)c3sccc3Br)ccc21. The third kappa shape index (κ3) is 2.05. The number of hydrogen-bond donors (Lipinski definition) is 1. The molecule has 0 aliphatic carbocycles. The van der Waals surface area contributed by atoms with Crippen LogP contribution < -0.4 is 11.5 Å². The minimum absolute atomic E-state index is 0.232. The van der Waals surface area contributed by atoms with Gasteiger partial charge >= 0.3 is 5.76 Å². The van der Waals surface area contributed by atoms with E-state index < -0.39 is 0 Å². The first-order valence-corrected chi connectivity index (χ1v) is 7.33. The highest BCUT2D eigenvalue weighted by Gasteiger charge is 2.15. The summed E-state index contributed by atoms with van der Waals surface area (Å²) in [5, 5.41) is 1.99. The van der Waals surface area contributed by atoms with E-state index in [0.717, 1.165) is 20.4 Å². The maximum Gasteiger partial charge on any atom is 0.419 e. The highest BCUT2D eigenvalue weighted by molar-refractivity contribution is 9.10. The smallest absolute Gasteiger partial charge is 0.408 e. The molecule has 3 rings (SSSR count). The third-order valence-electron chi connectivity index (χ3n) is 3.10. The van der Waals surface area contributed by atoms with Gasteiger partial charge in [0, 0.05) is 16.4 Å². The molecular formula is C13H11BrN2O2S. The van der Waals surface area contributed by atoms with E-state index in [-0.39, 0.29) is 11.8 Å². The number of aromatic nitrogens is 1. The van der Waals surface area contributed by atoms with E-state index in [1.807, 2.05) is 29.6 Å². The van der Waals surface area contributed by atoms with Crippen molar-refractivity contribution >= 4 is 38.4 Å². The number of nitrogens with zero attached hydrogens (tertiary/aromatic N) is 1. The Hall–Kier alpha value is -1.37. The van der Waals surface area contributed by atoms with Gasteiger partial charge in [0.05, 0.1) is 11.6 Å². The fourth-order valence-corrected chi connectivity index (χ4v) is 3.67. The molecule has 98 valence electrons. The molecule has 0 spiro atoms. The van der Waals surface area contributed by atoms with Gasteiger partial charge in [-0.15, -0.1) is 11.3 Å². The summed E-state index contributed by atoms with van der Waals surface area (Å²) in [7, 11) is 1.68. The number of oxazole rings is 1. The van der Waals surface area contributed by atoms with Crippen LogP contribution in [-0.2, 0) is 7.05 Å². The van der Waals surface area contributed by atoms with Crippen LogP contribution in [0.4, 0.5) is 0 Å². The normalized spacial score (nSPS) is 13.0. The van der Waals surface area contributed by atoms with Crippen molar-refractivity contribution in [1.82, 2.24) is 4.57 Å². The molecule has 0 aliphatic rings. The molecule has 0 bridgehead atoms. The number of halogens is 1. The van der Waals surface area contributed by atoms with E-state index in [4.69, 9.17) is 10.2 Å². The van der Waals surface area contributed by atoms with E-state index in [9.17, 15) is 4.79 Å². The minimum atomic E-state index is -0.363. The third-order valence-corrected chi connectivity index (χ3v) is 5.06. The van der Waals surface area contributed by atoms with Crippen molar-refractivity contribution in [3.8, 4) is 0 Å². The van der Waals surface area contributed by atoms with Crippen molar-refractivity contribution in [2.75, 3.05) is 0 Å². The largest absolute Gasteiger partial charge is 0.419 e. The van der Waals surface area contributed by atoms with Crippen LogP contribution in [0.15, 0.2) is 43.3 Å². The van der Waals surface area contributed by atoms with Crippen LogP contribution in [0.5, 0.6) is 0 Å². The number of hydrogen-bond acceptors (Lipinski definition) is 4. The predicted octanol–water partition coefficient (Wildman–Crippen LogP) is 3.00. The first kappa shape index (κ1) is 12.7. The molecule has 2 aromatic heterocycles. The van der Waals surface area contributed by atoms with Crippen LogP contribution in [0.2, 0.25) is 0 Å². The molecule has 2 N–H and O–H groups in total. The van der Waals surface area contributed by atoms with Gasteiger partial charge in [-0.25, -0.2) is 4.79 Å². The molecule has 0 aliphatic heterocycles. The van der Waals surface area contributed by atoms with Crippen molar-refractivity contribution in [1.29, 1.82) is 0 Å². The van der Waals surface area contributed by atoms with Gasteiger partial charge in [-0.2, -0.15) is 0 Å². The quantitative estimate of drug-likeness (QED) is 0.781. The van der Waals surface area contributed by atoms with Crippen LogP contribution in [0.3, 0.4) is 0 Å². The zero-order valence-electron chi connectivity index (χ0n) is 10.1. The molecule has 2 heterocycles. The van der Waals surface area contributed by atoms with Gasteiger partial charge in [-0.3, -0.25) is 4.57 Å². The molecule has 0 amide bonds. The number of benzene rings is 1. The highest BCUT2D eigenvalue weighted by Crippen LogP contribution is 2.32. The maximum atomic E-state index is 11.5. The van der Waals surface area contributed by atoms with Crippen LogP contribution >= 0.6 is 27.3 Å². The Labute approximate surface area is 121 Å². The van der Waals surface area contributed by atoms with Crippen molar-refractivity contribution in [3.63, 3.8) is 0 Å². The van der Waals surface area contributed by atoms with Crippen LogP contribution in [0, 0.1) is 0 Å². The monoisotopic (exact) mass is 338 g/mol. The summed E-state index contributed by atoms with van der Waals surface area (Å²) < 4.78 is 7.66. The standard InChI is InChI=1S/C13H11BrN2O2S/c1-16-9-3-2-7(6-10(9)18-13(16)17)11(15)12-8(14)4-5-19-12/h2-6,11H,15H2,1H3. The van der Waals surface area contributed by atoms with Crippen LogP contribution in [-0.4, -0.2) is 4.57 Å². The lowest BCUT2D eigenvalue weighted by molar-refractivity contribution is 0.527. The van der Waals surface area contributed by atoms with E-state index >= 15 is 0 Å². The first-order valence-electron chi connectivity index (χ1n) is 5.66. The Morgan fingerprint density at radius 1 is 1.42 bits per heavy atom. The van der Waals surface area contributed by atoms with Crippen LogP contribution in [0.1, 0.15) is 16.5 Å². The highest BCUT2D eigenvalue weighted by atomic mass is 79.9. The number of aryl methyl sites for hydroxylation is 1. The Kier molecular flexibility index (Phi) is 3.08. The Bertz CT molecular complexity index is 802. The second-order valence-corrected chi connectivity index (χ2v) is 6.07. The van der Waals surface area contributed by atoms with Gasteiger partial charge in [-0.1, -0.05) is 6.07 Å². The molecule has 0 radical (unpaired) electrons. The molecule has 6 heteroatoms. The van der Waals surface area contributed by atoms with Crippen molar-refractivity contribution < 1.29 is 4.42 Å². The molecule has 3 aromatic rings. The van der Waals surface area contributed by atoms with E-state index in [1.165, 1.54) is 4.57 Å². The van der Waals surface area contributed by atoms with E-state index in [0.29, 0.717) is 5.58 Å². The van der Waals surface area contributed by atoms with Gasteiger partial charge in [0.2, 0.25) is 0 Å². The lowest BCUT2D eigenvalue weighted by Gasteiger charge is -2.10. The summed E-state index contributed by atoms with van der Waals surface area (Å²) in [6.45, 7) is 0. The molecule has 0 saturated carbocycles. The maximum absolute atomic E-state index is 11.5. The fraction of sp³-hybridized carbons (Fsp3) is 0.154. The number of rotatable bonds is 2. The number of nitrogens with two attached hydrogens (primary N) is 1. The van der Waals surface area contributed by atoms with Crippen molar-refractivity contribution in [2.45, 2.75) is 6.04 Å². The summed E-state index contributed by atoms with van der Waals surface area (Å²) in [6, 6.07) is 7.35. The Morgan fingerprint density at radius 2 is 2.21 bits per heavy atom. The molecule has 0 fully saturated rings. The van der Waals surface area contributed by atoms with Gasteiger partial charge in [0.25, 0.3) is 0 Å². The van der Waals surface area contributed by atoms with Crippen molar-refractivity contribution in [3.05, 3.63) is 55.1 Å². The molecule has 19 heavy (non-hydrogen) atoms. The first-order chi connectivity index (χ1) is 9.08. The van der Waals surface area contributed by atoms with Crippen LogP contribution in [0.25, 0.3) is 11.1 Å². The minimum Gasteiger partial charge on any atom is -0.408 e. The Morgan fingerprint density at radius 3 is 2.89 bits per heavy atom. The summed E-state index contributed by atoms with van der Waals surface area (Å²) in [6.07, 6.45) is 0. The molecule has 0 saturated heterocycles. The summed E-state index contributed by atoms with van der Waals surface area (Å²) >= 11 is 5.08. The van der Waals surface area contributed by atoms with Gasteiger partial charge in [-0.05, 0) is 45.1 Å². The van der Waals surface area contributed by atoms with Gasteiger partial charge in [0.15, 0.2) is 5.58 Å². The zero-order valence-corrected chi connectivity index (χ0v) is 12.5. The summed E-state index contributed by atoms with van der Waals surface area (Å²) in [5.74, 6) is -0.363. The molecular weight excluding hydrogens is 328 g/mol. The fourth-order valence-electron chi connectivity index (χ4n) is 2.02. The zero-order chi connectivity index (χ0) is 13.6. The molecule has 4 nitrogen and oxygen atoms in total. The Balaban J connectivity index is 2.11. The second-order valence-electron chi connectivity index (χ2n) is 4.26. The molecule has 1 aromatic carbocycles. The predicted molar refractivity (Wildman–Crippen MR) is 79.5 cm³/mol.